The molecule has 0 spiro atoms. The van der Waals surface area contributed by atoms with E-state index in [0.29, 0.717) is 23.4 Å². The molecule has 36 heavy (non-hydrogen) atoms. The average Bonchev–Trinajstić information content (AvgIpc) is 3.45. The maximum Gasteiger partial charge on any atom is 0.416 e. The van der Waals surface area contributed by atoms with E-state index in [1.54, 1.807) is 26.0 Å². The lowest BCUT2D eigenvalue weighted by atomic mass is 10.0. The van der Waals surface area contributed by atoms with Crippen LogP contribution >= 0.6 is 0 Å². The quantitative estimate of drug-likeness (QED) is 0.309. The van der Waals surface area contributed by atoms with Crippen LogP contribution in [-0.2, 0) is 25.7 Å². The van der Waals surface area contributed by atoms with Gasteiger partial charge in [0.2, 0.25) is 0 Å². The fraction of sp³-hybridized carbons (Fsp3) is 0.240. The summed E-state index contributed by atoms with van der Waals surface area (Å²) in [5.74, 6) is -0.676. The lowest BCUT2D eigenvalue weighted by Crippen LogP contribution is -2.17. The van der Waals surface area contributed by atoms with Gasteiger partial charge in [-0.2, -0.15) is 18.3 Å². The van der Waals surface area contributed by atoms with Crippen molar-refractivity contribution in [3.05, 3.63) is 94.3 Å². The van der Waals surface area contributed by atoms with Crippen LogP contribution in [0.25, 0.3) is 0 Å². The topological polar surface area (TPSA) is 82.2 Å². The number of hydrogen-bond donors (Lipinski definition) is 1. The highest BCUT2D eigenvalue weighted by molar-refractivity contribution is 6.05. The summed E-state index contributed by atoms with van der Waals surface area (Å²) in [4.78, 5) is 12.6. The smallest absolute Gasteiger partial charge is 0.416 e. The third-order valence-corrected chi connectivity index (χ3v) is 5.37. The molecule has 4 aromatic rings. The summed E-state index contributed by atoms with van der Waals surface area (Å²) in [6, 6.07) is 11.0. The number of alkyl halides is 3. The Morgan fingerprint density at radius 1 is 1.14 bits per heavy atom. The Balaban J connectivity index is 1.49. The van der Waals surface area contributed by atoms with Crippen LogP contribution < -0.4 is 10.1 Å². The molecule has 2 heterocycles. The van der Waals surface area contributed by atoms with Crippen LogP contribution in [0.2, 0.25) is 0 Å². The predicted molar refractivity (Wildman–Crippen MR) is 122 cm³/mol. The van der Waals surface area contributed by atoms with Crippen molar-refractivity contribution in [2.75, 3.05) is 5.32 Å². The molecule has 0 aliphatic heterocycles. The van der Waals surface area contributed by atoms with Crippen LogP contribution in [0.4, 0.5) is 23.4 Å². The molecule has 0 unspecified atom stereocenters. The van der Waals surface area contributed by atoms with Crippen LogP contribution in [0, 0.1) is 12.7 Å². The van der Waals surface area contributed by atoms with Gasteiger partial charge in [-0.25, -0.2) is 4.39 Å². The predicted octanol–water partition coefficient (Wildman–Crippen LogP) is 5.78. The molecule has 0 fully saturated rings. The van der Waals surface area contributed by atoms with E-state index in [-0.39, 0.29) is 35.8 Å². The van der Waals surface area contributed by atoms with E-state index >= 15 is 0 Å². The van der Waals surface area contributed by atoms with Gasteiger partial charge in [-0.15, -0.1) is 0 Å². The molecule has 4 rings (SSSR count). The number of benzene rings is 2. The number of amides is 1. The first-order chi connectivity index (χ1) is 17.1. The molecule has 7 nitrogen and oxygen atoms in total. The van der Waals surface area contributed by atoms with Crippen LogP contribution in [0.15, 0.2) is 59.3 Å². The molecule has 0 aliphatic rings. The second kappa shape index (κ2) is 10.2. The lowest BCUT2D eigenvalue weighted by Gasteiger charge is -2.15. The van der Waals surface area contributed by atoms with Gasteiger partial charge in [-0.3, -0.25) is 9.48 Å². The van der Waals surface area contributed by atoms with Gasteiger partial charge in [0.25, 0.3) is 5.91 Å². The number of nitrogens with one attached hydrogen (secondary N) is 1. The standard InChI is InChI=1S/C25H22F4N4O3/c1-3-16-5-4-6-21(26)23(16)24(34)30-22-9-10-33(31-22)13-17-7-8-19(12-20(17)25(27,28)29)35-14-18-11-15(2)36-32-18/h4-12H,3,13-14H2,1-2H3,(H,30,31,34). The highest BCUT2D eigenvalue weighted by Crippen LogP contribution is 2.35. The van der Waals surface area contributed by atoms with Crippen LogP contribution in [0.1, 0.15) is 45.4 Å². The Kier molecular flexibility index (Phi) is 7.09. The molecule has 0 aliphatic carbocycles. The molecule has 1 amide bonds. The van der Waals surface area contributed by atoms with Gasteiger partial charge >= 0.3 is 6.18 Å². The maximum atomic E-state index is 14.2. The number of halogens is 4. The van der Waals surface area contributed by atoms with Crippen molar-refractivity contribution >= 4 is 11.7 Å². The van der Waals surface area contributed by atoms with Gasteiger partial charge in [-0.05, 0) is 42.7 Å². The first-order valence-electron chi connectivity index (χ1n) is 11.0. The van der Waals surface area contributed by atoms with Crippen LogP contribution in [-0.4, -0.2) is 20.8 Å². The maximum absolute atomic E-state index is 14.2. The summed E-state index contributed by atoms with van der Waals surface area (Å²) in [6.07, 6.45) is -2.76. The van der Waals surface area contributed by atoms with Crippen LogP contribution in [0.3, 0.4) is 0 Å². The summed E-state index contributed by atoms with van der Waals surface area (Å²) in [5, 5.41) is 10.4. The number of aromatic nitrogens is 3. The van der Waals surface area contributed by atoms with Gasteiger partial charge in [-0.1, -0.05) is 30.3 Å². The zero-order chi connectivity index (χ0) is 25.9. The van der Waals surface area contributed by atoms with E-state index < -0.39 is 23.5 Å². The number of anilines is 1. The molecular formula is C25H22F4N4O3. The van der Waals surface area contributed by atoms with Crippen molar-refractivity contribution in [2.24, 2.45) is 0 Å². The van der Waals surface area contributed by atoms with Crippen molar-refractivity contribution in [1.82, 2.24) is 14.9 Å². The number of carbonyl (C=O) groups is 1. The number of carbonyl (C=O) groups excluding carboxylic acids is 1. The molecule has 1 N–H and O–H groups in total. The zero-order valence-electron chi connectivity index (χ0n) is 19.4. The Morgan fingerprint density at radius 3 is 2.64 bits per heavy atom. The fourth-order valence-corrected chi connectivity index (χ4v) is 3.68. The Labute approximate surface area is 203 Å². The largest absolute Gasteiger partial charge is 0.487 e. The Morgan fingerprint density at radius 2 is 1.94 bits per heavy atom. The summed E-state index contributed by atoms with van der Waals surface area (Å²) in [7, 11) is 0. The first kappa shape index (κ1) is 25.0. The van der Waals surface area contributed by atoms with Gasteiger partial charge < -0.3 is 14.6 Å². The molecule has 0 saturated carbocycles. The van der Waals surface area contributed by atoms with Gasteiger partial charge in [0.15, 0.2) is 5.82 Å². The Bertz CT molecular complexity index is 1380. The number of rotatable bonds is 8. The summed E-state index contributed by atoms with van der Waals surface area (Å²) < 4.78 is 67.1. The third kappa shape index (κ3) is 5.73. The lowest BCUT2D eigenvalue weighted by molar-refractivity contribution is -0.138. The van der Waals surface area contributed by atoms with E-state index in [4.69, 9.17) is 9.26 Å². The molecular weight excluding hydrogens is 480 g/mol. The van der Waals surface area contributed by atoms with E-state index in [9.17, 15) is 22.4 Å². The van der Waals surface area contributed by atoms with Crippen LogP contribution in [0.5, 0.6) is 5.75 Å². The summed E-state index contributed by atoms with van der Waals surface area (Å²) in [6.45, 7) is 3.23. The number of hydrogen-bond acceptors (Lipinski definition) is 5. The molecule has 0 saturated heterocycles. The van der Waals surface area contributed by atoms with E-state index in [1.165, 1.54) is 41.2 Å². The second-order valence-electron chi connectivity index (χ2n) is 8.01. The number of nitrogens with zero attached hydrogens (tertiary/aromatic N) is 3. The van der Waals surface area contributed by atoms with Gasteiger partial charge in [0.1, 0.15) is 29.6 Å². The van der Waals surface area contributed by atoms with Crippen molar-refractivity contribution in [3.8, 4) is 5.75 Å². The highest BCUT2D eigenvalue weighted by atomic mass is 19.4. The van der Waals surface area contributed by atoms with Crippen molar-refractivity contribution in [1.29, 1.82) is 0 Å². The average molecular weight is 502 g/mol. The molecule has 0 atom stereocenters. The van der Waals surface area contributed by atoms with Crippen molar-refractivity contribution in [2.45, 2.75) is 39.6 Å². The van der Waals surface area contributed by atoms with E-state index in [2.05, 4.69) is 15.6 Å². The molecule has 188 valence electrons. The highest BCUT2D eigenvalue weighted by Gasteiger charge is 2.34. The summed E-state index contributed by atoms with van der Waals surface area (Å²) >= 11 is 0. The third-order valence-electron chi connectivity index (χ3n) is 5.37. The van der Waals surface area contributed by atoms with Crippen molar-refractivity contribution in [3.63, 3.8) is 0 Å². The zero-order valence-corrected chi connectivity index (χ0v) is 19.4. The number of aryl methyl sites for hydroxylation is 2. The molecule has 2 aromatic heterocycles. The monoisotopic (exact) mass is 502 g/mol. The molecule has 0 bridgehead atoms. The summed E-state index contributed by atoms with van der Waals surface area (Å²) in [5.41, 5.74) is -0.0300. The number of ether oxygens (including phenoxy) is 1. The van der Waals surface area contributed by atoms with E-state index in [0.717, 1.165) is 6.07 Å². The minimum atomic E-state index is -4.63. The minimum absolute atomic E-state index is 0.0248. The molecule has 11 heteroatoms. The van der Waals surface area contributed by atoms with Gasteiger partial charge in [0, 0.05) is 18.3 Å². The Hall–Kier alpha value is -4.15. The second-order valence-corrected chi connectivity index (χ2v) is 8.01. The van der Waals surface area contributed by atoms with Crippen molar-refractivity contribution < 1.29 is 31.6 Å². The normalized spacial score (nSPS) is 11.5. The molecule has 2 aromatic carbocycles. The van der Waals surface area contributed by atoms with E-state index in [1.807, 2.05) is 0 Å². The minimum Gasteiger partial charge on any atom is -0.487 e. The molecule has 0 radical (unpaired) electrons. The SMILES string of the molecule is CCc1cccc(F)c1C(=O)Nc1ccn(Cc2ccc(OCc3cc(C)on3)cc2C(F)(F)F)n1. The fourth-order valence-electron chi connectivity index (χ4n) is 3.68. The van der Waals surface area contributed by atoms with Gasteiger partial charge in [0.05, 0.1) is 17.7 Å². The first-order valence-corrected chi connectivity index (χ1v) is 11.0.